The molecule has 0 aliphatic heterocycles. The van der Waals surface area contributed by atoms with Gasteiger partial charge < -0.3 is 20.8 Å². The quantitative estimate of drug-likeness (QED) is 0.554. The summed E-state index contributed by atoms with van der Waals surface area (Å²) in [5.41, 5.74) is 1.17. The fraction of sp³-hybridized carbons (Fsp3) is 0.250. The van der Waals surface area contributed by atoms with Gasteiger partial charge in [0.1, 0.15) is 12.1 Å². The molecule has 0 saturated heterocycles. The lowest BCUT2D eigenvalue weighted by molar-refractivity contribution is -0.145. The molecule has 0 aliphatic carbocycles. The van der Waals surface area contributed by atoms with E-state index in [1.165, 1.54) is 6.92 Å². The van der Waals surface area contributed by atoms with Crippen molar-refractivity contribution in [2.75, 3.05) is 0 Å². The number of carboxylic acid groups (broad SMARTS) is 1. The van der Waals surface area contributed by atoms with E-state index in [4.69, 9.17) is 0 Å². The first-order valence-electron chi connectivity index (χ1n) is 8.45. The van der Waals surface area contributed by atoms with Gasteiger partial charge in [0.05, 0.1) is 0 Å². The van der Waals surface area contributed by atoms with E-state index in [-0.39, 0.29) is 6.42 Å². The largest absolute Gasteiger partial charge is 0.480 e. The standard InChI is InChI=1S/C20H22N2O5/c1-13(23)21-16(12-14-8-4-2-5-9-14)19(25)22-17(20(26)27)18(24)15-10-6-3-7-11-15/h2-11,16-18,24H,12H2,1H3,(H,21,23)(H,22,25)(H,26,27). The number of hydrogen-bond donors (Lipinski definition) is 4. The molecule has 0 aromatic heterocycles. The van der Waals surface area contributed by atoms with Gasteiger partial charge >= 0.3 is 5.97 Å². The summed E-state index contributed by atoms with van der Waals surface area (Å²) in [5, 5.41) is 24.7. The Kier molecular flexibility index (Phi) is 7.08. The number of carbonyl (C=O) groups excluding carboxylic acids is 2. The molecule has 27 heavy (non-hydrogen) atoms. The molecule has 0 saturated carbocycles. The van der Waals surface area contributed by atoms with Crippen LogP contribution in [0.3, 0.4) is 0 Å². The molecule has 3 unspecified atom stereocenters. The molecule has 4 N–H and O–H groups in total. The zero-order valence-electron chi connectivity index (χ0n) is 14.8. The van der Waals surface area contributed by atoms with Gasteiger partial charge in [0.2, 0.25) is 11.8 Å². The highest BCUT2D eigenvalue weighted by Gasteiger charge is 2.32. The predicted molar refractivity (Wildman–Crippen MR) is 98.7 cm³/mol. The van der Waals surface area contributed by atoms with Gasteiger partial charge in [0, 0.05) is 13.3 Å². The van der Waals surface area contributed by atoms with Crippen molar-refractivity contribution < 1.29 is 24.6 Å². The SMILES string of the molecule is CC(=O)NC(Cc1ccccc1)C(=O)NC(C(=O)O)C(O)c1ccccc1. The van der Waals surface area contributed by atoms with Crippen LogP contribution in [0.2, 0.25) is 0 Å². The van der Waals surface area contributed by atoms with E-state index in [1.807, 2.05) is 6.07 Å². The summed E-state index contributed by atoms with van der Waals surface area (Å²) in [7, 11) is 0. The highest BCUT2D eigenvalue weighted by atomic mass is 16.4. The van der Waals surface area contributed by atoms with Gasteiger partial charge in [-0.25, -0.2) is 4.79 Å². The molecule has 0 spiro atoms. The van der Waals surface area contributed by atoms with Gasteiger partial charge in [-0.05, 0) is 11.1 Å². The lowest BCUT2D eigenvalue weighted by Gasteiger charge is -2.24. The average Bonchev–Trinajstić information content (AvgIpc) is 2.65. The van der Waals surface area contributed by atoms with Crippen LogP contribution in [0.25, 0.3) is 0 Å². The Bertz CT molecular complexity index is 779. The summed E-state index contributed by atoms with van der Waals surface area (Å²) in [5.74, 6) is -2.47. The fourth-order valence-corrected chi connectivity index (χ4v) is 2.68. The second-order valence-corrected chi connectivity index (χ2v) is 6.12. The van der Waals surface area contributed by atoms with Crippen LogP contribution < -0.4 is 10.6 Å². The maximum Gasteiger partial charge on any atom is 0.329 e. The van der Waals surface area contributed by atoms with Crippen molar-refractivity contribution >= 4 is 17.8 Å². The fourth-order valence-electron chi connectivity index (χ4n) is 2.68. The van der Waals surface area contributed by atoms with Gasteiger partial charge in [-0.3, -0.25) is 9.59 Å². The lowest BCUT2D eigenvalue weighted by Crippen LogP contribution is -2.53. The molecule has 2 aromatic rings. The Morgan fingerprint density at radius 1 is 0.926 bits per heavy atom. The first-order valence-corrected chi connectivity index (χ1v) is 8.45. The summed E-state index contributed by atoms with van der Waals surface area (Å²) in [4.78, 5) is 35.7. The monoisotopic (exact) mass is 370 g/mol. The van der Waals surface area contributed by atoms with E-state index in [1.54, 1.807) is 54.6 Å². The van der Waals surface area contributed by atoms with Crippen LogP contribution in [0, 0.1) is 0 Å². The second-order valence-electron chi connectivity index (χ2n) is 6.12. The number of rotatable bonds is 8. The number of aliphatic hydroxyl groups is 1. The number of aliphatic hydroxyl groups excluding tert-OH is 1. The number of carbonyl (C=O) groups is 3. The summed E-state index contributed by atoms with van der Waals surface area (Å²) in [6.45, 7) is 1.28. The molecule has 0 bridgehead atoms. The maximum absolute atomic E-state index is 12.6. The summed E-state index contributed by atoms with van der Waals surface area (Å²) < 4.78 is 0. The van der Waals surface area contributed by atoms with Crippen molar-refractivity contribution in [1.29, 1.82) is 0 Å². The van der Waals surface area contributed by atoms with Gasteiger partial charge in [-0.15, -0.1) is 0 Å². The van der Waals surface area contributed by atoms with E-state index in [0.29, 0.717) is 5.56 Å². The second kappa shape index (κ2) is 9.49. The van der Waals surface area contributed by atoms with Crippen LogP contribution in [0.15, 0.2) is 60.7 Å². The van der Waals surface area contributed by atoms with Crippen molar-refractivity contribution in [1.82, 2.24) is 10.6 Å². The molecule has 2 aromatic carbocycles. The van der Waals surface area contributed by atoms with Crippen molar-refractivity contribution in [3.8, 4) is 0 Å². The molecular formula is C20H22N2O5. The Morgan fingerprint density at radius 2 is 1.48 bits per heavy atom. The minimum absolute atomic E-state index is 0.194. The van der Waals surface area contributed by atoms with Crippen molar-refractivity contribution in [2.45, 2.75) is 31.5 Å². The Morgan fingerprint density at radius 3 is 2.00 bits per heavy atom. The lowest BCUT2D eigenvalue weighted by atomic mass is 10.0. The maximum atomic E-state index is 12.6. The summed E-state index contributed by atoms with van der Waals surface area (Å²) >= 11 is 0. The van der Waals surface area contributed by atoms with E-state index >= 15 is 0 Å². The highest BCUT2D eigenvalue weighted by Crippen LogP contribution is 2.17. The first kappa shape index (κ1) is 20.1. The number of benzene rings is 2. The van der Waals surface area contributed by atoms with Crippen LogP contribution in [0.5, 0.6) is 0 Å². The third kappa shape index (κ3) is 5.93. The third-order valence-corrected chi connectivity index (χ3v) is 4.00. The van der Waals surface area contributed by atoms with Crippen LogP contribution in [0.4, 0.5) is 0 Å². The van der Waals surface area contributed by atoms with Gasteiger partial charge in [0.15, 0.2) is 6.04 Å². The Labute approximate surface area is 157 Å². The van der Waals surface area contributed by atoms with Gasteiger partial charge in [0.25, 0.3) is 0 Å². The molecule has 2 rings (SSSR count). The summed E-state index contributed by atoms with van der Waals surface area (Å²) in [6.07, 6.45) is -1.23. The Balaban J connectivity index is 2.16. The van der Waals surface area contributed by atoms with E-state index in [9.17, 15) is 24.6 Å². The van der Waals surface area contributed by atoms with E-state index in [0.717, 1.165) is 5.56 Å². The molecule has 3 atom stereocenters. The third-order valence-electron chi connectivity index (χ3n) is 4.00. The first-order chi connectivity index (χ1) is 12.9. The number of hydrogen-bond acceptors (Lipinski definition) is 4. The van der Waals surface area contributed by atoms with E-state index < -0.39 is 36.0 Å². The zero-order valence-corrected chi connectivity index (χ0v) is 14.8. The van der Waals surface area contributed by atoms with E-state index in [2.05, 4.69) is 10.6 Å². The topological polar surface area (TPSA) is 116 Å². The average molecular weight is 370 g/mol. The van der Waals surface area contributed by atoms with Crippen LogP contribution in [-0.4, -0.2) is 40.1 Å². The van der Waals surface area contributed by atoms with Crippen molar-refractivity contribution in [3.63, 3.8) is 0 Å². The molecule has 0 aliphatic rings. The minimum atomic E-state index is -1.55. The molecule has 0 fully saturated rings. The Hall–Kier alpha value is -3.19. The van der Waals surface area contributed by atoms with Crippen LogP contribution >= 0.6 is 0 Å². The molecule has 7 heteroatoms. The highest BCUT2D eigenvalue weighted by molar-refractivity contribution is 5.90. The van der Waals surface area contributed by atoms with Crippen LogP contribution in [-0.2, 0) is 20.8 Å². The number of aliphatic carboxylic acids is 1. The molecular weight excluding hydrogens is 348 g/mol. The summed E-state index contributed by atoms with van der Waals surface area (Å²) in [6, 6.07) is 14.7. The van der Waals surface area contributed by atoms with Crippen LogP contribution in [0.1, 0.15) is 24.2 Å². The smallest absolute Gasteiger partial charge is 0.329 e. The van der Waals surface area contributed by atoms with Gasteiger partial charge in [-0.2, -0.15) is 0 Å². The normalized spacial score (nSPS) is 13.9. The number of amides is 2. The molecule has 7 nitrogen and oxygen atoms in total. The molecule has 0 radical (unpaired) electrons. The van der Waals surface area contributed by atoms with Crippen molar-refractivity contribution in [3.05, 3.63) is 71.8 Å². The zero-order chi connectivity index (χ0) is 19.8. The number of carboxylic acids is 1. The van der Waals surface area contributed by atoms with Gasteiger partial charge in [-0.1, -0.05) is 60.7 Å². The van der Waals surface area contributed by atoms with Crippen molar-refractivity contribution in [2.24, 2.45) is 0 Å². The predicted octanol–water partition coefficient (Wildman–Crippen LogP) is 1.04. The molecule has 0 heterocycles. The minimum Gasteiger partial charge on any atom is -0.480 e. The molecule has 142 valence electrons. The molecule has 2 amide bonds. The number of nitrogens with one attached hydrogen (secondary N) is 2.